The average Bonchev–Trinajstić information content (AvgIpc) is 3.37. The third kappa shape index (κ3) is 11.1. The van der Waals surface area contributed by atoms with Gasteiger partial charge in [0.2, 0.25) is 10.0 Å². The van der Waals surface area contributed by atoms with Gasteiger partial charge in [-0.3, -0.25) is 14.3 Å². The molecule has 0 aliphatic carbocycles. The zero-order valence-electron chi connectivity index (χ0n) is 29.6. The third-order valence-electron chi connectivity index (χ3n) is 8.60. The molecule has 13 heteroatoms. The summed E-state index contributed by atoms with van der Waals surface area (Å²) >= 11 is 0. The number of unbranched alkanes of at least 4 members (excludes halogenated alkanes) is 9. The lowest BCUT2D eigenvalue weighted by atomic mass is 10.1. The van der Waals surface area contributed by atoms with Crippen LogP contribution in [0.15, 0.2) is 27.9 Å². The van der Waals surface area contributed by atoms with Crippen molar-refractivity contribution in [2.45, 2.75) is 109 Å². The number of sulfonamides is 1. The second-order valence-corrected chi connectivity index (χ2v) is 14.5. The molecular weight excluding hydrogens is 632 g/mol. The number of likely N-dealkylation sites (N-methyl/N-ethyl adjacent to an activating group) is 1. The number of aromatic amines is 1. The van der Waals surface area contributed by atoms with E-state index in [9.17, 15) is 18.0 Å². The summed E-state index contributed by atoms with van der Waals surface area (Å²) < 4.78 is 35.4. The van der Waals surface area contributed by atoms with Gasteiger partial charge in [-0.2, -0.15) is 9.40 Å². The van der Waals surface area contributed by atoms with Gasteiger partial charge in [-0.15, -0.1) is 0 Å². The quantitative estimate of drug-likeness (QED) is 0.154. The van der Waals surface area contributed by atoms with E-state index in [2.05, 4.69) is 21.9 Å². The van der Waals surface area contributed by atoms with Crippen LogP contribution in [-0.4, -0.2) is 88.3 Å². The van der Waals surface area contributed by atoms with Crippen LogP contribution in [0, 0.1) is 0 Å². The van der Waals surface area contributed by atoms with Gasteiger partial charge in [0, 0.05) is 39.6 Å². The van der Waals surface area contributed by atoms with Crippen LogP contribution >= 0.6 is 0 Å². The fraction of sp³-hybridized carbons (Fsp3) is 0.657. The fourth-order valence-corrected chi connectivity index (χ4v) is 7.31. The van der Waals surface area contributed by atoms with Gasteiger partial charge in [-0.05, 0) is 45.0 Å². The molecule has 1 fully saturated rings. The van der Waals surface area contributed by atoms with Gasteiger partial charge in [-0.1, -0.05) is 78.1 Å². The Bertz CT molecular complexity index is 1610. The second kappa shape index (κ2) is 19.6. The van der Waals surface area contributed by atoms with Crippen LogP contribution in [0.1, 0.15) is 104 Å². The number of piperazine rings is 1. The van der Waals surface area contributed by atoms with Crippen LogP contribution in [-0.2, 0) is 28.3 Å². The summed E-state index contributed by atoms with van der Waals surface area (Å²) in [6.45, 7) is 8.72. The largest absolute Gasteiger partial charge is 0.493 e. The van der Waals surface area contributed by atoms with Gasteiger partial charge in [0.25, 0.3) is 5.56 Å². The normalized spacial score (nSPS) is 14.2. The summed E-state index contributed by atoms with van der Waals surface area (Å²) in [5, 5.41) is 12.9. The van der Waals surface area contributed by atoms with Gasteiger partial charge in [0.15, 0.2) is 5.52 Å². The molecule has 0 amide bonds. The number of carboxylic acid groups (broad SMARTS) is 1. The molecule has 3 aromatic rings. The Morgan fingerprint density at radius 2 is 1.54 bits per heavy atom. The summed E-state index contributed by atoms with van der Waals surface area (Å²) in [6.07, 6.45) is 14.5. The smallest absolute Gasteiger partial charge is 0.303 e. The second-order valence-electron chi connectivity index (χ2n) is 12.6. The molecule has 1 saturated heterocycles. The number of fused-ring (bicyclic) bond motifs is 1. The summed E-state index contributed by atoms with van der Waals surface area (Å²) in [5.41, 5.74) is 1.75. The lowest BCUT2D eigenvalue weighted by Gasteiger charge is -2.31. The van der Waals surface area contributed by atoms with E-state index in [1.165, 1.54) is 60.4 Å². The van der Waals surface area contributed by atoms with Crippen molar-refractivity contribution in [3.05, 3.63) is 34.2 Å². The van der Waals surface area contributed by atoms with Gasteiger partial charge in [0.05, 0.1) is 22.8 Å². The highest BCUT2D eigenvalue weighted by Gasteiger charge is 2.29. The number of rotatable bonds is 18. The van der Waals surface area contributed by atoms with Crippen molar-refractivity contribution in [1.29, 1.82) is 0 Å². The Morgan fingerprint density at radius 3 is 2.12 bits per heavy atom. The van der Waals surface area contributed by atoms with E-state index >= 15 is 0 Å². The van der Waals surface area contributed by atoms with Crippen molar-refractivity contribution < 1.29 is 23.1 Å². The molecule has 0 saturated carbocycles. The number of nitrogens with zero attached hydrogens (tertiary/aromatic N) is 5. The lowest BCUT2D eigenvalue weighted by Crippen LogP contribution is -2.47. The topological polar surface area (TPSA) is 151 Å². The number of nitrogens with one attached hydrogen (secondary N) is 1. The van der Waals surface area contributed by atoms with Crippen molar-refractivity contribution in [1.82, 2.24) is 29.0 Å². The average molecular weight is 689 g/mol. The van der Waals surface area contributed by atoms with E-state index in [4.69, 9.17) is 14.8 Å². The van der Waals surface area contributed by atoms with Gasteiger partial charge in [0.1, 0.15) is 17.1 Å². The molecule has 0 unspecified atom stereocenters. The minimum atomic E-state index is -3.70. The molecule has 1 aromatic carbocycles. The first-order valence-electron chi connectivity index (χ1n) is 17.7. The maximum Gasteiger partial charge on any atom is 0.303 e. The summed E-state index contributed by atoms with van der Waals surface area (Å²) in [7, 11) is -0.00831. The number of carboxylic acids is 1. The van der Waals surface area contributed by atoms with Gasteiger partial charge in [-0.25, -0.2) is 13.4 Å². The third-order valence-corrected chi connectivity index (χ3v) is 10.5. The monoisotopic (exact) mass is 688 g/mol. The van der Waals surface area contributed by atoms with E-state index in [1.807, 2.05) is 20.9 Å². The predicted molar refractivity (Wildman–Crippen MR) is 190 cm³/mol. The van der Waals surface area contributed by atoms with Crippen molar-refractivity contribution >= 4 is 27.0 Å². The fourth-order valence-electron chi connectivity index (χ4n) is 5.86. The maximum atomic E-state index is 13.3. The number of carbonyl (C=O) groups is 1. The summed E-state index contributed by atoms with van der Waals surface area (Å²) in [6, 6.07) is 4.71. The molecule has 12 nitrogen and oxygen atoms in total. The highest BCUT2D eigenvalue weighted by atomic mass is 32.2. The molecule has 268 valence electrons. The van der Waals surface area contributed by atoms with Crippen LogP contribution in [0.3, 0.4) is 0 Å². The molecule has 0 bridgehead atoms. The zero-order chi connectivity index (χ0) is 35.1. The molecule has 3 heterocycles. The van der Waals surface area contributed by atoms with E-state index in [-0.39, 0.29) is 16.3 Å². The maximum absolute atomic E-state index is 13.3. The van der Waals surface area contributed by atoms with Crippen LogP contribution in [0.2, 0.25) is 0 Å². The molecule has 1 aliphatic heterocycles. The number of ether oxygens (including phenoxy) is 1. The first kappa shape index (κ1) is 39.2. The molecule has 48 heavy (non-hydrogen) atoms. The Labute approximate surface area is 285 Å². The number of benzene rings is 1. The van der Waals surface area contributed by atoms with Crippen LogP contribution < -0.4 is 10.3 Å². The summed E-state index contributed by atoms with van der Waals surface area (Å²) in [5.74, 6) is 0.0598. The Balaban J connectivity index is 0.000000353. The Hall–Kier alpha value is -3.29. The van der Waals surface area contributed by atoms with Crippen molar-refractivity contribution in [3.8, 4) is 17.1 Å². The van der Waals surface area contributed by atoms with E-state index in [0.717, 1.165) is 25.0 Å². The highest BCUT2D eigenvalue weighted by Crippen LogP contribution is 2.32. The Morgan fingerprint density at radius 1 is 0.917 bits per heavy atom. The van der Waals surface area contributed by atoms with E-state index in [1.54, 1.807) is 25.2 Å². The molecular formula is C35H56N6O6S. The van der Waals surface area contributed by atoms with Crippen LogP contribution in [0.5, 0.6) is 5.75 Å². The molecule has 4 rings (SSSR count). The van der Waals surface area contributed by atoms with Crippen molar-refractivity contribution in [3.63, 3.8) is 0 Å². The van der Waals surface area contributed by atoms with E-state index < -0.39 is 16.0 Å². The Kier molecular flexibility index (Phi) is 16.0. The standard InChI is InChI=1S/C22H30N6O4S.C13H26O2/c1-5-7-17-19-20(27(4)25-17)22(29)24-21(23-19)16-14-15(8-9-18(16)32-6-2)33(30,31)28-12-10-26(3)11-13-28;1-2-3-4-5-6-7-8-9-10-11-12-13(14)15/h8-9,14H,5-7,10-13H2,1-4H3,(H,23,24,29);2-12H2,1H3,(H,14,15). The minimum absolute atomic E-state index is 0.147. The first-order valence-corrected chi connectivity index (χ1v) is 19.1. The van der Waals surface area contributed by atoms with Crippen LogP contribution in [0.25, 0.3) is 22.4 Å². The zero-order valence-corrected chi connectivity index (χ0v) is 30.4. The SMILES string of the molecule is CCCCCCCCCCCCC(=O)O.CCCc1nn(C)c2c(=O)[nH]c(-c3cc(S(=O)(=O)N4CCN(C)CC4)ccc3OCC)nc12. The number of hydrogen-bond donors (Lipinski definition) is 2. The van der Waals surface area contributed by atoms with Crippen LogP contribution in [0.4, 0.5) is 0 Å². The first-order chi connectivity index (χ1) is 23.0. The molecule has 1 aliphatic rings. The van der Waals surface area contributed by atoms with Gasteiger partial charge >= 0.3 is 5.97 Å². The molecule has 2 N–H and O–H groups in total. The highest BCUT2D eigenvalue weighted by molar-refractivity contribution is 7.89. The predicted octanol–water partition coefficient (Wildman–Crippen LogP) is 5.99. The van der Waals surface area contributed by atoms with Crippen molar-refractivity contribution in [2.75, 3.05) is 39.8 Å². The van der Waals surface area contributed by atoms with Crippen molar-refractivity contribution in [2.24, 2.45) is 7.05 Å². The van der Waals surface area contributed by atoms with Gasteiger partial charge < -0.3 is 19.7 Å². The minimum Gasteiger partial charge on any atom is -0.493 e. The molecule has 0 atom stereocenters. The number of hydrogen-bond acceptors (Lipinski definition) is 8. The number of aromatic nitrogens is 4. The molecule has 2 aromatic heterocycles. The molecule has 0 spiro atoms. The number of H-pyrrole nitrogens is 1. The van der Waals surface area contributed by atoms with E-state index in [0.29, 0.717) is 68.0 Å². The lowest BCUT2D eigenvalue weighted by molar-refractivity contribution is -0.137. The number of aryl methyl sites for hydroxylation is 2. The molecule has 0 radical (unpaired) electrons. The number of aliphatic carboxylic acids is 1. The summed E-state index contributed by atoms with van der Waals surface area (Å²) in [4.78, 5) is 32.9.